The van der Waals surface area contributed by atoms with Crippen molar-refractivity contribution >= 4 is 40.7 Å². The van der Waals surface area contributed by atoms with Crippen LogP contribution < -0.4 is 10.6 Å². The average molecular weight is 365 g/mol. The van der Waals surface area contributed by atoms with Gasteiger partial charge in [-0.15, -0.1) is 0 Å². The second-order valence-corrected chi connectivity index (χ2v) is 6.67. The summed E-state index contributed by atoms with van der Waals surface area (Å²) >= 11 is 12.0. The number of carbonyl (C=O) groups excluding carboxylic acids is 1. The first-order valence-corrected chi connectivity index (χ1v) is 8.73. The molecule has 24 heavy (non-hydrogen) atoms. The molecule has 2 aromatic rings. The molecule has 7 heteroatoms. The number of carbonyl (C=O) groups is 1. The maximum Gasteiger partial charge on any atom is 0.274 e. The van der Waals surface area contributed by atoms with Crippen molar-refractivity contribution < 1.29 is 4.79 Å². The minimum atomic E-state index is -0.353. The summed E-state index contributed by atoms with van der Waals surface area (Å²) in [4.78, 5) is 20.9. The molecule has 0 saturated heterocycles. The maximum atomic E-state index is 12.4. The molecule has 0 bridgehead atoms. The number of halogens is 2. The molecule has 3 rings (SSSR count). The summed E-state index contributed by atoms with van der Waals surface area (Å²) in [6.07, 6.45) is 7.50. The van der Waals surface area contributed by atoms with Crippen LogP contribution in [0.2, 0.25) is 10.0 Å². The molecule has 1 aromatic heterocycles. The van der Waals surface area contributed by atoms with E-state index in [4.69, 9.17) is 23.2 Å². The van der Waals surface area contributed by atoms with Gasteiger partial charge in [-0.1, -0.05) is 42.5 Å². The predicted molar refractivity (Wildman–Crippen MR) is 96.9 cm³/mol. The molecule has 0 aliphatic heterocycles. The fourth-order valence-electron chi connectivity index (χ4n) is 2.76. The summed E-state index contributed by atoms with van der Waals surface area (Å²) in [5, 5.41) is 6.95. The quantitative estimate of drug-likeness (QED) is 0.818. The first kappa shape index (κ1) is 17.0. The fourth-order valence-corrected chi connectivity index (χ4v) is 3.10. The van der Waals surface area contributed by atoms with E-state index < -0.39 is 0 Å². The van der Waals surface area contributed by atoms with E-state index in [-0.39, 0.29) is 11.6 Å². The van der Waals surface area contributed by atoms with Gasteiger partial charge in [0.2, 0.25) is 5.95 Å². The molecule has 1 amide bonds. The molecule has 0 radical (unpaired) electrons. The van der Waals surface area contributed by atoms with Crippen LogP contribution in [0.5, 0.6) is 0 Å². The second-order valence-electron chi connectivity index (χ2n) is 5.82. The lowest BCUT2D eigenvalue weighted by atomic mass is 9.96. The molecule has 1 aliphatic rings. The Kier molecular flexibility index (Phi) is 5.53. The third-order valence-electron chi connectivity index (χ3n) is 4.00. The van der Waals surface area contributed by atoms with Crippen molar-refractivity contribution in [3.63, 3.8) is 0 Å². The van der Waals surface area contributed by atoms with Gasteiger partial charge in [0.15, 0.2) is 0 Å². The Balaban J connectivity index is 1.70. The van der Waals surface area contributed by atoms with E-state index in [9.17, 15) is 4.79 Å². The number of rotatable bonds is 4. The number of amides is 1. The number of aromatic nitrogens is 2. The predicted octanol–water partition coefficient (Wildman–Crippen LogP) is 4.78. The minimum Gasteiger partial charge on any atom is -0.351 e. The van der Waals surface area contributed by atoms with Gasteiger partial charge >= 0.3 is 0 Å². The Morgan fingerprint density at radius 1 is 1.12 bits per heavy atom. The molecule has 5 nitrogen and oxygen atoms in total. The zero-order chi connectivity index (χ0) is 16.9. The maximum absolute atomic E-state index is 12.4. The number of anilines is 2. The molecular weight excluding hydrogens is 347 g/mol. The summed E-state index contributed by atoms with van der Waals surface area (Å²) in [6.45, 7) is 0. The smallest absolute Gasteiger partial charge is 0.274 e. The zero-order valence-corrected chi connectivity index (χ0v) is 14.6. The van der Waals surface area contributed by atoms with Gasteiger partial charge in [0, 0.05) is 17.3 Å². The molecule has 0 unspecified atom stereocenters. The van der Waals surface area contributed by atoms with Gasteiger partial charge in [-0.05, 0) is 37.1 Å². The third-order valence-corrected chi connectivity index (χ3v) is 4.57. The summed E-state index contributed by atoms with van der Waals surface area (Å²) < 4.78 is 0. The van der Waals surface area contributed by atoms with Crippen molar-refractivity contribution in [3.8, 4) is 0 Å². The van der Waals surface area contributed by atoms with Crippen molar-refractivity contribution in [2.75, 3.05) is 10.6 Å². The Bertz CT molecular complexity index is 732. The summed E-state index contributed by atoms with van der Waals surface area (Å²) in [5.74, 6) is 0.125. The molecule has 1 saturated carbocycles. The van der Waals surface area contributed by atoms with Gasteiger partial charge in [-0.3, -0.25) is 4.79 Å². The molecule has 2 N–H and O–H groups in total. The highest BCUT2D eigenvalue weighted by Crippen LogP contribution is 2.26. The highest BCUT2D eigenvalue weighted by Gasteiger charge is 2.16. The lowest BCUT2D eigenvalue weighted by Gasteiger charge is -2.22. The SMILES string of the molecule is O=C(Nc1cc(Cl)ccc1Cl)c1ccnc(NC2CCCCC2)n1. The molecule has 1 fully saturated rings. The standard InChI is InChI=1S/C17H18Cl2N4O/c18-11-6-7-13(19)15(10-11)22-16(24)14-8-9-20-17(23-14)21-12-4-2-1-3-5-12/h6-10,12H,1-5H2,(H,22,24)(H,20,21,23). The highest BCUT2D eigenvalue weighted by molar-refractivity contribution is 6.35. The molecule has 0 atom stereocenters. The Morgan fingerprint density at radius 2 is 1.92 bits per heavy atom. The van der Waals surface area contributed by atoms with Crippen LogP contribution in [-0.4, -0.2) is 21.9 Å². The van der Waals surface area contributed by atoms with Crippen LogP contribution in [0.3, 0.4) is 0 Å². The summed E-state index contributed by atoms with van der Waals surface area (Å²) in [7, 11) is 0. The number of nitrogens with zero attached hydrogens (tertiary/aromatic N) is 2. The molecule has 1 aromatic carbocycles. The van der Waals surface area contributed by atoms with Crippen molar-refractivity contribution in [2.24, 2.45) is 0 Å². The fraction of sp³-hybridized carbons (Fsp3) is 0.353. The first-order valence-electron chi connectivity index (χ1n) is 7.98. The minimum absolute atomic E-state index is 0.277. The monoisotopic (exact) mass is 364 g/mol. The molecule has 1 aliphatic carbocycles. The van der Waals surface area contributed by atoms with E-state index in [0.29, 0.717) is 27.7 Å². The van der Waals surface area contributed by atoms with Crippen LogP contribution in [0.4, 0.5) is 11.6 Å². The van der Waals surface area contributed by atoms with Gasteiger partial charge in [0.1, 0.15) is 5.69 Å². The number of hydrogen-bond donors (Lipinski definition) is 2. The molecule has 0 spiro atoms. The Morgan fingerprint density at radius 3 is 2.71 bits per heavy atom. The number of benzene rings is 1. The van der Waals surface area contributed by atoms with Gasteiger partial charge < -0.3 is 10.6 Å². The first-order chi connectivity index (χ1) is 11.6. The lowest BCUT2D eigenvalue weighted by molar-refractivity contribution is 0.102. The van der Waals surface area contributed by atoms with Crippen molar-refractivity contribution in [1.29, 1.82) is 0 Å². The molecule has 126 valence electrons. The van der Waals surface area contributed by atoms with Gasteiger partial charge in [-0.25, -0.2) is 9.97 Å². The molecule has 1 heterocycles. The van der Waals surface area contributed by atoms with Crippen LogP contribution in [0.15, 0.2) is 30.5 Å². The van der Waals surface area contributed by atoms with Gasteiger partial charge in [0.05, 0.1) is 10.7 Å². The van der Waals surface area contributed by atoms with Crippen LogP contribution in [-0.2, 0) is 0 Å². The summed E-state index contributed by atoms with van der Waals surface area (Å²) in [6, 6.07) is 6.84. The second kappa shape index (κ2) is 7.81. The summed E-state index contributed by atoms with van der Waals surface area (Å²) in [5.41, 5.74) is 0.730. The van der Waals surface area contributed by atoms with Crippen LogP contribution in [0.25, 0.3) is 0 Å². The third kappa shape index (κ3) is 4.36. The van der Waals surface area contributed by atoms with Crippen LogP contribution >= 0.6 is 23.2 Å². The van der Waals surface area contributed by atoms with Crippen molar-refractivity contribution in [2.45, 2.75) is 38.1 Å². The van der Waals surface area contributed by atoms with Crippen molar-refractivity contribution in [3.05, 3.63) is 46.2 Å². The van der Waals surface area contributed by atoms with Crippen LogP contribution in [0, 0.1) is 0 Å². The van der Waals surface area contributed by atoms with Crippen LogP contribution in [0.1, 0.15) is 42.6 Å². The van der Waals surface area contributed by atoms with E-state index >= 15 is 0 Å². The van der Waals surface area contributed by atoms with E-state index in [0.717, 1.165) is 12.8 Å². The lowest BCUT2D eigenvalue weighted by Crippen LogP contribution is -2.24. The number of hydrogen-bond acceptors (Lipinski definition) is 4. The van der Waals surface area contributed by atoms with E-state index in [1.807, 2.05) is 0 Å². The normalized spacial score (nSPS) is 15.1. The van der Waals surface area contributed by atoms with E-state index in [1.54, 1.807) is 30.5 Å². The average Bonchev–Trinajstić information content (AvgIpc) is 2.59. The highest BCUT2D eigenvalue weighted by atomic mass is 35.5. The van der Waals surface area contributed by atoms with Gasteiger partial charge in [-0.2, -0.15) is 0 Å². The Hall–Kier alpha value is -1.85. The topological polar surface area (TPSA) is 66.9 Å². The molecular formula is C17H18Cl2N4O. The van der Waals surface area contributed by atoms with E-state index in [2.05, 4.69) is 20.6 Å². The number of nitrogens with one attached hydrogen (secondary N) is 2. The zero-order valence-electron chi connectivity index (χ0n) is 13.1. The Labute approximate surface area is 150 Å². The van der Waals surface area contributed by atoms with E-state index in [1.165, 1.54) is 19.3 Å². The largest absolute Gasteiger partial charge is 0.351 e. The van der Waals surface area contributed by atoms with Crippen molar-refractivity contribution in [1.82, 2.24) is 9.97 Å². The van der Waals surface area contributed by atoms with Gasteiger partial charge in [0.25, 0.3) is 5.91 Å².